The molecular formula is C15H21N3. The van der Waals surface area contributed by atoms with Gasteiger partial charge in [-0.05, 0) is 43.2 Å². The van der Waals surface area contributed by atoms with Gasteiger partial charge in [-0.15, -0.1) is 0 Å². The molecule has 96 valence electrons. The van der Waals surface area contributed by atoms with Crippen LogP contribution in [0.4, 0.5) is 0 Å². The number of hydrogen-bond donors (Lipinski definition) is 1. The smallest absolute Gasteiger partial charge is 0.0766 e. The number of nitrogens with zero attached hydrogens (tertiary/aromatic N) is 2. The number of aromatic nitrogens is 2. The Balaban J connectivity index is 2.18. The number of rotatable bonds is 4. The highest BCUT2D eigenvalue weighted by molar-refractivity contribution is 5.38. The van der Waals surface area contributed by atoms with Crippen LogP contribution in [-0.2, 0) is 6.54 Å². The van der Waals surface area contributed by atoms with Crippen molar-refractivity contribution < 1.29 is 0 Å². The van der Waals surface area contributed by atoms with Crippen molar-refractivity contribution >= 4 is 0 Å². The van der Waals surface area contributed by atoms with Crippen molar-refractivity contribution in [3.63, 3.8) is 0 Å². The molecule has 0 bridgehead atoms. The van der Waals surface area contributed by atoms with Crippen molar-refractivity contribution in [3.8, 4) is 5.69 Å². The molecule has 2 aromatic rings. The van der Waals surface area contributed by atoms with Gasteiger partial charge in [-0.2, -0.15) is 5.10 Å². The van der Waals surface area contributed by atoms with Crippen LogP contribution in [0.1, 0.15) is 30.7 Å². The van der Waals surface area contributed by atoms with Crippen LogP contribution in [0, 0.1) is 13.8 Å². The first-order valence-electron chi connectivity index (χ1n) is 6.41. The first-order chi connectivity index (χ1) is 8.54. The summed E-state index contributed by atoms with van der Waals surface area (Å²) in [5, 5.41) is 7.96. The van der Waals surface area contributed by atoms with Crippen molar-refractivity contribution in [1.82, 2.24) is 15.1 Å². The Labute approximate surface area is 109 Å². The Morgan fingerprint density at radius 3 is 2.44 bits per heavy atom. The van der Waals surface area contributed by atoms with E-state index in [1.165, 1.54) is 11.1 Å². The molecule has 0 amide bonds. The Morgan fingerprint density at radius 2 is 1.83 bits per heavy atom. The lowest BCUT2D eigenvalue weighted by Gasteiger charge is -2.06. The summed E-state index contributed by atoms with van der Waals surface area (Å²) in [6, 6.07) is 9.02. The molecule has 18 heavy (non-hydrogen) atoms. The first-order valence-corrected chi connectivity index (χ1v) is 6.41. The Hall–Kier alpha value is -1.61. The molecule has 1 heterocycles. The van der Waals surface area contributed by atoms with Gasteiger partial charge < -0.3 is 5.32 Å². The quantitative estimate of drug-likeness (QED) is 0.894. The number of benzene rings is 1. The van der Waals surface area contributed by atoms with Crippen LogP contribution in [-0.4, -0.2) is 15.8 Å². The third kappa shape index (κ3) is 3.20. The molecule has 2 rings (SSSR count). The van der Waals surface area contributed by atoms with E-state index in [1.54, 1.807) is 0 Å². The second kappa shape index (κ2) is 5.36. The minimum atomic E-state index is 0.483. The van der Waals surface area contributed by atoms with Crippen molar-refractivity contribution in [2.24, 2.45) is 0 Å². The van der Waals surface area contributed by atoms with Gasteiger partial charge in [-0.3, -0.25) is 0 Å². The van der Waals surface area contributed by atoms with Gasteiger partial charge in [0, 0.05) is 18.8 Å². The van der Waals surface area contributed by atoms with E-state index in [-0.39, 0.29) is 0 Å². The topological polar surface area (TPSA) is 29.9 Å². The summed E-state index contributed by atoms with van der Waals surface area (Å²) >= 11 is 0. The summed E-state index contributed by atoms with van der Waals surface area (Å²) in [5.41, 5.74) is 4.73. The minimum Gasteiger partial charge on any atom is -0.309 e. The fraction of sp³-hybridized carbons (Fsp3) is 0.400. The highest BCUT2D eigenvalue weighted by Crippen LogP contribution is 2.13. The second-order valence-corrected chi connectivity index (χ2v) is 5.13. The Bertz CT molecular complexity index is 506. The van der Waals surface area contributed by atoms with Crippen molar-refractivity contribution in [2.75, 3.05) is 0 Å². The van der Waals surface area contributed by atoms with Gasteiger partial charge in [-0.1, -0.05) is 19.9 Å². The van der Waals surface area contributed by atoms with E-state index in [1.807, 2.05) is 10.9 Å². The predicted molar refractivity (Wildman–Crippen MR) is 75.0 cm³/mol. The number of nitrogens with one attached hydrogen (secondary N) is 1. The fourth-order valence-corrected chi connectivity index (χ4v) is 1.99. The summed E-state index contributed by atoms with van der Waals surface area (Å²) in [7, 11) is 0. The molecular weight excluding hydrogens is 222 g/mol. The number of hydrogen-bond acceptors (Lipinski definition) is 2. The van der Waals surface area contributed by atoms with Crippen LogP contribution in [0.2, 0.25) is 0 Å². The molecule has 0 aliphatic carbocycles. The van der Waals surface area contributed by atoms with Crippen LogP contribution in [0.15, 0.2) is 30.5 Å². The third-order valence-electron chi connectivity index (χ3n) is 2.81. The van der Waals surface area contributed by atoms with Crippen LogP contribution in [0.3, 0.4) is 0 Å². The number of aryl methyl sites for hydroxylation is 2. The van der Waals surface area contributed by atoms with E-state index in [4.69, 9.17) is 0 Å². The van der Waals surface area contributed by atoms with E-state index in [0.29, 0.717) is 6.04 Å². The van der Waals surface area contributed by atoms with E-state index >= 15 is 0 Å². The molecule has 3 heteroatoms. The molecule has 0 fully saturated rings. The lowest BCUT2D eigenvalue weighted by molar-refractivity contribution is 0.578. The zero-order chi connectivity index (χ0) is 13.1. The van der Waals surface area contributed by atoms with Gasteiger partial charge in [0.1, 0.15) is 0 Å². The maximum atomic E-state index is 4.59. The van der Waals surface area contributed by atoms with Gasteiger partial charge in [0.2, 0.25) is 0 Å². The van der Waals surface area contributed by atoms with Gasteiger partial charge in [-0.25, -0.2) is 4.68 Å². The molecule has 0 unspecified atom stereocenters. The zero-order valence-electron chi connectivity index (χ0n) is 11.6. The maximum absolute atomic E-state index is 4.59. The monoisotopic (exact) mass is 243 g/mol. The summed E-state index contributed by atoms with van der Waals surface area (Å²) < 4.78 is 1.94. The predicted octanol–water partition coefficient (Wildman–Crippen LogP) is 2.99. The van der Waals surface area contributed by atoms with Crippen molar-refractivity contribution in [1.29, 1.82) is 0 Å². The molecule has 1 N–H and O–H groups in total. The van der Waals surface area contributed by atoms with Crippen LogP contribution >= 0.6 is 0 Å². The van der Waals surface area contributed by atoms with E-state index in [2.05, 4.69) is 62.4 Å². The lowest BCUT2D eigenvalue weighted by Crippen LogP contribution is -2.22. The van der Waals surface area contributed by atoms with Crippen molar-refractivity contribution in [2.45, 2.75) is 40.3 Å². The summed E-state index contributed by atoms with van der Waals surface area (Å²) in [6.45, 7) is 9.32. The molecule has 0 radical (unpaired) electrons. The molecule has 0 atom stereocenters. The molecule has 0 aliphatic rings. The Morgan fingerprint density at radius 1 is 1.17 bits per heavy atom. The molecule has 3 nitrogen and oxygen atoms in total. The SMILES string of the molecule is Cc1cc(C)cc(-n2ccc(CNC(C)C)n2)c1. The van der Waals surface area contributed by atoms with E-state index in [9.17, 15) is 0 Å². The van der Waals surface area contributed by atoms with Gasteiger partial charge >= 0.3 is 0 Å². The Kier molecular flexibility index (Phi) is 3.82. The highest BCUT2D eigenvalue weighted by Gasteiger charge is 2.03. The lowest BCUT2D eigenvalue weighted by atomic mass is 10.1. The van der Waals surface area contributed by atoms with Crippen LogP contribution in [0.5, 0.6) is 0 Å². The second-order valence-electron chi connectivity index (χ2n) is 5.13. The summed E-state index contributed by atoms with van der Waals surface area (Å²) in [4.78, 5) is 0. The largest absolute Gasteiger partial charge is 0.309 e. The molecule has 0 spiro atoms. The first kappa shape index (κ1) is 12.8. The van der Waals surface area contributed by atoms with E-state index in [0.717, 1.165) is 17.9 Å². The molecule has 0 saturated carbocycles. The van der Waals surface area contributed by atoms with Crippen LogP contribution in [0.25, 0.3) is 5.69 Å². The molecule has 1 aromatic heterocycles. The van der Waals surface area contributed by atoms with Crippen LogP contribution < -0.4 is 5.32 Å². The minimum absolute atomic E-state index is 0.483. The fourth-order valence-electron chi connectivity index (χ4n) is 1.99. The van der Waals surface area contributed by atoms with Gasteiger partial charge in [0.15, 0.2) is 0 Å². The normalized spacial score (nSPS) is 11.2. The van der Waals surface area contributed by atoms with Gasteiger partial charge in [0.05, 0.1) is 11.4 Å². The standard InChI is InChI=1S/C15H21N3/c1-11(2)16-10-14-5-6-18(17-14)15-8-12(3)7-13(4)9-15/h5-9,11,16H,10H2,1-4H3. The van der Waals surface area contributed by atoms with E-state index < -0.39 is 0 Å². The third-order valence-corrected chi connectivity index (χ3v) is 2.81. The molecule has 0 aliphatic heterocycles. The van der Waals surface area contributed by atoms with Crippen molar-refractivity contribution in [3.05, 3.63) is 47.3 Å². The summed E-state index contributed by atoms with van der Waals surface area (Å²) in [6.07, 6.45) is 2.02. The summed E-state index contributed by atoms with van der Waals surface area (Å²) in [5.74, 6) is 0. The highest BCUT2D eigenvalue weighted by atomic mass is 15.3. The molecule has 1 aromatic carbocycles. The average Bonchev–Trinajstić information content (AvgIpc) is 2.73. The maximum Gasteiger partial charge on any atom is 0.0766 e. The van der Waals surface area contributed by atoms with Gasteiger partial charge in [0.25, 0.3) is 0 Å². The average molecular weight is 243 g/mol. The zero-order valence-corrected chi connectivity index (χ0v) is 11.6. The molecule has 0 saturated heterocycles.